The van der Waals surface area contributed by atoms with E-state index < -0.39 is 0 Å². The molecule has 108 valence electrons. The van der Waals surface area contributed by atoms with Crippen molar-refractivity contribution >= 4 is 11.9 Å². The van der Waals surface area contributed by atoms with Crippen LogP contribution in [0.2, 0.25) is 0 Å². The van der Waals surface area contributed by atoms with Crippen molar-refractivity contribution in [3.8, 4) is 0 Å². The molecule has 0 amide bonds. The zero-order valence-electron chi connectivity index (χ0n) is 12.9. The fraction of sp³-hybridized carbons (Fsp3) is 0.529. The first kappa shape index (κ1) is 14.8. The maximum Gasteiger partial charge on any atom is 0.314 e. The summed E-state index contributed by atoms with van der Waals surface area (Å²) in [5.41, 5.74) is 2.24. The highest BCUT2D eigenvalue weighted by Gasteiger charge is 2.26. The Labute approximate surface area is 121 Å². The van der Waals surface area contributed by atoms with Gasteiger partial charge < -0.3 is 4.74 Å². The lowest BCUT2D eigenvalue weighted by molar-refractivity contribution is -0.137. The Morgan fingerprint density at radius 2 is 1.80 bits per heavy atom. The summed E-state index contributed by atoms with van der Waals surface area (Å²) in [6.45, 7) is 10.7. The van der Waals surface area contributed by atoms with Gasteiger partial charge in [-0.05, 0) is 29.0 Å². The van der Waals surface area contributed by atoms with Crippen LogP contribution < -0.4 is 0 Å². The van der Waals surface area contributed by atoms with Crippen molar-refractivity contribution < 1.29 is 9.53 Å². The van der Waals surface area contributed by atoms with Gasteiger partial charge >= 0.3 is 5.97 Å². The Morgan fingerprint density at radius 3 is 2.30 bits per heavy atom. The van der Waals surface area contributed by atoms with E-state index in [1.807, 2.05) is 12.1 Å². The van der Waals surface area contributed by atoms with E-state index in [-0.39, 0.29) is 17.4 Å². The van der Waals surface area contributed by atoms with Crippen LogP contribution >= 0.6 is 0 Å². The molecule has 1 aromatic carbocycles. The number of aliphatic imine (C=N–C) groups is 1. The summed E-state index contributed by atoms with van der Waals surface area (Å²) in [5, 5.41) is 0. The zero-order chi connectivity index (χ0) is 14.9. The summed E-state index contributed by atoms with van der Waals surface area (Å²) in [6.07, 6.45) is 0.376. The Bertz CT molecular complexity index is 521. The largest absolute Gasteiger partial charge is 0.407 e. The highest BCUT2D eigenvalue weighted by molar-refractivity contribution is 6.02. The van der Waals surface area contributed by atoms with Gasteiger partial charge in [0, 0.05) is 5.56 Å². The lowest BCUT2D eigenvalue weighted by Gasteiger charge is -2.23. The topological polar surface area (TPSA) is 38.7 Å². The third kappa shape index (κ3) is 3.27. The van der Waals surface area contributed by atoms with Crippen LogP contribution in [0.5, 0.6) is 0 Å². The van der Waals surface area contributed by atoms with Crippen LogP contribution in [-0.2, 0) is 14.9 Å². The second-order valence-corrected chi connectivity index (χ2v) is 6.75. The molecule has 0 bridgehead atoms. The van der Waals surface area contributed by atoms with E-state index in [2.05, 4.69) is 51.7 Å². The highest BCUT2D eigenvalue weighted by atomic mass is 16.5. The summed E-state index contributed by atoms with van der Waals surface area (Å²) in [7, 11) is 0. The van der Waals surface area contributed by atoms with Gasteiger partial charge in [0.15, 0.2) is 0 Å². The summed E-state index contributed by atoms with van der Waals surface area (Å²) < 4.78 is 5.29. The number of ether oxygens (including phenoxy) is 1. The molecule has 1 aliphatic heterocycles. The molecule has 1 aliphatic rings. The van der Waals surface area contributed by atoms with Crippen molar-refractivity contribution in [2.75, 3.05) is 0 Å². The third-order valence-corrected chi connectivity index (χ3v) is 3.64. The van der Waals surface area contributed by atoms with Crippen molar-refractivity contribution in [1.82, 2.24) is 0 Å². The van der Waals surface area contributed by atoms with Crippen molar-refractivity contribution in [1.29, 1.82) is 0 Å². The van der Waals surface area contributed by atoms with Gasteiger partial charge in [0.25, 0.3) is 0 Å². The van der Waals surface area contributed by atoms with Crippen molar-refractivity contribution in [2.45, 2.75) is 52.5 Å². The van der Waals surface area contributed by atoms with E-state index in [0.717, 1.165) is 5.56 Å². The lowest BCUT2D eigenvalue weighted by Crippen LogP contribution is -2.29. The minimum Gasteiger partial charge on any atom is -0.407 e. The molecule has 20 heavy (non-hydrogen) atoms. The normalized spacial score (nSPS) is 19.8. The van der Waals surface area contributed by atoms with Gasteiger partial charge in [0.05, 0.1) is 12.5 Å². The summed E-state index contributed by atoms with van der Waals surface area (Å²) in [4.78, 5) is 16.3. The number of benzene rings is 1. The Kier molecular flexibility index (Phi) is 3.98. The predicted molar refractivity (Wildman–Crippen MR) is 81.0 cm³/mol. The molecule has 1 atom stereocenters. The van der Waals surface area contributed by atoms with Crippen molar-refractivity contribution in [2.24, 2.45) is 10.9 Å². The quantitative estimate of drug-likeness (QED) is 0.771. The van der Waals surface area contributed by atoms with Gasteiger partial charge in [0.1, 0.15) is 0 Å². The minimum absolute atomic E-state index is 0.0218. The van der Waals surface area contributed by atoms with Crippen LogP contribution in [0.1, 0.15) is 52.2 Å². The average molecular weight is 273 g/mol. The van der Waals surface area contributed by atoms with Gasteiger partial charge in [-0.15, -0.1) is 0 Å². The molecule has 0 saturated carbocycles. The molecule has 1 unspecified atom stereocenters. The van der Waals surface area contributed by atoms with Crippen LogP contribution in [-0.4, -0.2) is 17.9 Å². The molecule has 0 aliphatic carbocycles. The smallest absolute Gasteiger partial charge is 0.314 e. The van der Waals surface area contributed by atoms with Gasteiger partial charge in [0.2, 0.25) is 5.90 Å². The molecule has 0 radical (unpaired) electrons. The summed E-state index contributed by atoms with van der Waals surface area (Å²) in [5.74, 6) is 0.612. The fourth-order valence-electron chi connectivity index (χ4n) is 2.17. The third-order valence-electron chi connectivity index (χ3n) is 3.64. The van der Waals surface area contributed by atoms with E-state index >= 15 is 0 Å². The highest BCUT2D eigenvalue weighted by Crippen LogP contribution is 2.24. The van der Waals surface area contributed by atoms with Gasteiger partial charge in [-0.1, -0.05) is 46.8 Å². The number of carbonyl (C=O) groups excluding carboxylic acids is 1. The molecule has 3 heteroatoms. The van der Waals surface area contributed by atoms with Crippen LogP contribution in [0, 0.1) is 5.92 Å². The number of carbonyl (C=O) groups is 1. The monoisotopic (exact) mass is 273 g/mol. The first-order valence-corrected chi connectivity index (χ1v) is 7.17. The van der Waals surface area contributed by atoms with Crippen molar-refractivity contribution in [3.05, 3.63) is 35.4 Å². The first-order chi connectivity index (χ1) is 9.27. The Morgan fingerprint density at radius 1 is 1.20 bits per heavy atom. The molecule has 0 spiro atoms. The number of rotatable bonds is 2. The summed E-state index contributed by atoms with van der Waals surface area (Å²) >= 11 is 0. The van der Waals surface area contributed by atoms with E-state index in [4.69, 9.17) is 4.74 Å². The maximum absolute atomic E-state index is 11.7. The maximum atomic E-state index is 11.7. The van der Waals surface area contributed by atoms with Crippen LogP contribution in [0.3, 0.4) is 0 Å². The van der Waals surface area contributed by atoms with E-state index in [9.17, 15) is 4.79 Å². The van der Waals surface area contributed by atoms with Crippen molar-refractivity contribution in [3.63, 3.8) is 0 Å². The van der Waals surface area contributed by atoms with Crippen LogP contribution in [0.4, 0.5) is 0 Å². The fourth-order valence-corrected chi connectivity index (χ4v) is 2.17. The standard InChI is InChI=1S/C17H23NO2/c1-11(2)14-10-15(19)20-16(18-14)12-6-8-13(9-7-12)17(3,4)5/h6-9,11,14H,10H2,1-5H3. The second kappa shape index (κ2) is 5.39. The van der Waals surface area contributed by atoms with Crippen LogP contribution in [0.15, 0.2) is 29.3 Å². The molecular weight excluding hydrogens is 250 g/mol. The van der Waals surface area contributed by atoms with Gasteiger partial charge in [-0.25, -0.2) is 4.99 Å². The Hall–Kier alpha value is -1.64. The molecule has 0 fully saturated rings. The Balaban J connectivity index is 2.29. The first-order valence-electron chi connectivity index (χ1n) is 7.17. The molecule has 0 aromatic heterocycles. The molecule has 0 saturated heterocycles. The molecule has 2 rings (SSSR count). The number of hydrogen-bond donors (Lipinski definition) is 0. The number of esters is 1. The summed E-state index contributed by atoms with van der Waals surface area (Å²) in [6, 6.07) is 8.13. The van der Waals surface area contributed by atoms with E-state index in [1.54, 1.807) is 0 Å². The zero-order valence-corrected chi connectivity index (χ0v) is 12.9. The predicted octanol–water partition coefficient (Wildman–Crippen LogP) is 3.70. The minimum atomic E-state index is -0.186. The average Bonchev–Trinajstić information content (AvgIpc) is 2.37. The van der Waals surface area contributed by atoms with Gasteiger partial charge in [-0.3, -0.25) is 4.79 Å². The molecule has 3 nitrogen and oxygen atoms in total. The number of cyclic esters (lactones) is 1. The molecule has 1 heterocycles. The van der Waals surface area contributed by atoms with E-state index in [1.165, 1.54) is 5.56 Å². The van der Waals surface area contributed by atoms with Gasteiger partial charge in [-0.2, -0.15) is 0 Å². The number of hydrogen-bond acceptors (Lipinski definition) is 3. The molecular formula is C17H23NO2. The number of nitrogens with zero attached hydrogens (tertiary/aromatic N) is 1. The molecule has 0 N–H and O–H groups in total. The SMILES string of the molecule is CC(C)C1CC(=O)OC(c2ccc(C(C)(C)C)cc2)=N1. The molecule has 1 aromatic rings. The van der Waals surface area contributed by atoms with E-state index in [0.29, 0.717) is 18.2 Å². The lowest BCUT2D eigenvalue weighted by atomic mass is 9.86. The second-order valence-electron chi connectivity index (χ2n) is 6.75. The van der Waals surface area contributed by atoms with Crippen LogP contribution in [0.25, 0.3) is 0 Å².